The van der Waals surface area contributed by atoms with Gasteiger partial charge < -0.3 is 0 Å². The zero-order chi connectivity index (χ0) is 8.91. The molecule has 11 heavy (non-hydrogen) atoms. The van der Waals surface area contributed by atoms with Gasteiger partial charge in [0.25, 0.3) is 0 Å². The van der Waals surface area contributed by atoms with Crippen molar-refractivity contribution in [2.75, 3.05) is 6.54 Å². The van der Waals surface area contributed by atoms with Crippen molar-refractivity contribution >= 4 is 5.71 Å². The zero-order valence-electron chi connectivity index (χ0n) is 8.57. The van der Waals surface area contributed by atoms with Gasteiger partial charge in [-0.15, -0.1) is 0 Å². The molecule has 0 heterocycles. The van der Waals surface area contributed by atoms with Crippen LogP contribution in [0.25, 0.3) is 0 Å². The highest BCUT2D eigenvalue weighted by molar-refractivity contribution is 5.78. The fourth-order valence-corrected chi connectivity index (χ4v) is 0.759. The van der Waals surface area contributed by atoms with E-state index in [1.165, 1.54) is 18.6 Å². The van der Waals surface area contributed by atoms with E-state index in [9.17, 15) is 0 Å². The molecule has 66 valence electrons. The zero-order valence-corrected chi connectivity index (χ0v) is 8.57. The van der Waals surface area contributed by atoms with Gasteiger partial charge in [0.05, 0.1) is 0 Å². The standard InChI is InChI=1S/C10H21N/c1-6-10(4,5)7-8-11-9(2)3/h6-8H2,1-5H3. The van der Waals surface area contributed by atoms with E-state index in [1.54, 1.807) is 0 Å². The number of rotatable bonds is 4. The summed E-state index contributed by atoms with van der Waals surface area (Å²) in [6, 6.07) is 0. The van der Waals surface area contributed by atoms with Gasteiger partial charge in [0.15, 0.2) is 0 Å². The molecule has 0 aromatic rings. The maximum absolute atomic E-state index is 4.37. The van der Waals surface area contributed by atoms with Gasteiger partial charge in [-0.1, -0.05) is 27.2 Å². The summed E-state index contributed by atoms with van der Waals surface area (Å²) in [5, 5.41) is 0. The molecule has 0 amide bonds. The molecule has 0 aromatic heterocycles. The Kier molecular flexibility index (Phi) is 4.39. The largest absolute Gasteiger partial charge is 0.295 e. The highest BCUT2D eigenvalue weighted by Gasteiger charge is 2.13. The first-order chi connectivity index (χ1) is 4.98. The SMILES string of the molecule is CCC(C)(C)CCN=C(C)C. The summed E-state index contributed by atoms with van der Waals surface area (Å²) in [5.41, 5.74) is 1.66. The molecule has 0 unspecified atom stereocenters. The molecule has 1 nitrogen and oxygen atoms in total. The van der Waals surface area contributed by atoms with Gasteiger partial charge in [-0.2, -0.15) is 0 Å². The smallest absolute Gasteiger partial charge is 0.0393 e. The lowest BCUT2D eigenvalue weighted by Crippen LogP contribution is -2.11. The highest BCUT2D eigenvalue weighted by Crippen LogP contribution is 2.23. The maximum atomic E-state index is 4.37. The minimum Gasteiger partial charge on any atom is -0.295 e. The average Bonchev–Trinajstić information content (AvgIpc) is 1.87. The van der Waals surface area contributed by atoms with Crippen LogP contribution in [0.1, 0.15) is 47.5 Å². The van der Waals surface area contributed by atoms with Crippen molar-refractivity contribution in [1.29, 1.82) is 0 Å². The van der Waals surface area contributed by atoms with Crippen molar-refractivity contribution < 1.29 is 0 Å². The second-order valence-corrected chi connectivity index (χ2v) is 4.10. The van der Waals surface area contributed by atoms with Crippen LogP contribution >= 0.6 is 0 Å². The quantitative estimate of drug-likeness (QED) is 0.552. The van der Waals surface area contributed by atoms with E-state index in [0.29, 0.717) is 5.41 Å². The lowest BCUT2D eigenvalue weighted by atomic mass is 9.87. The molecular formula is C10H21N. The Hall–Kier alpha value is -0.330. The molecule has 0 saturated heterocycles. The molecule has 0 N–H and O–H groups in total. The van der Waals surface area contributed by atoms with Gasteiger partial charge in [-0.25, -0.2) is 0 Å². The van der Waals surface area contributed by atoms with Gasteiger partial charge in [0.2, 0.25) is 0 Å². The van der Waals surface area contributed by atoms with E-state index >= 15 is 0 Å². The van der Waals surface area contributed by atoms with Crippen molar-refractivity contribution in [3.8, 4) is 0 Å². The Morgan fingerprint density at radius 1 is 1.27 bits per heavy atom. The van der Waals surface area contributed by atoms with Crippen molar-refractivity contribution in [3.63, 3.8) is 0 Å². The lowest BCUT2D eigenvalue weighted by Gasteiger charge is -2.20. The number of hydrogen-bond donors (Lipinski definition) is 0. The third-order valence-corrected chi connectivity index (χ3v) is 2.17. The first kappa shape index (κ1) is 10.7. The van der Waals surface area contributed by atoms with E-state index in [0.717, 1.165) is 6.54 Å². The third-order valence-electron chi connectivity index (χ3n) is 2.17. The van der Waals surface area contributed by atoms with E-state index in [2.05, 4.69) is 39.6 Å². The van der Waals surface area contributed by atoms with E-state index in [-0.39, 0.29) is 0 Å². The summed E-state index contributed by atoms with van der Waals surface area (Å²) < 4.78 is 0. The van der Waals surface area contributed by atoms with Crippen LogP contribution in [0.3, 0.4) is 0 Å². The molecule has 0 atom stereocenters. The maximum Gasteiger partial charge on any atom is 0.0393 e. The third kappa shape index (κ3) is 6.08. The molecule has 0 aromatic carbocycles. The van der Waals surface area contributed by atoms with Crippen molar-refractivity contribution in [2.45, 2.75) is 47.5 Å². The summed E-state index contributed by atoms with van der Waals surface area (Å²) in [4.78, 5) is 4.37. The van der Waals surface area contributed by atoms with Crippen LogP contribution in [0, 0.1) is 5.41 Å². The summed E-state index contributed by atoms with van der Waals surface area (Å²) in [6.07, 6.45) is 2.44. The number of hydrogen-bond acceptors (Lipinski definition) is 1. The molecule has 0 bridgehead atoms. The lowest BCUT2D eigenvalue weighted by molar-refractivity contribution is 0.328. The topological polar surface area (TPSA) is 12.4 Å². The van der Waals surface area contributed by atoms with Gasteiger partial charge in [0, 0.05) is 12.3 Å². The second-order valence-electron chi connectivity index (χ2n) is 4.10. The van der Waals surface area contributed by atoms with Crippen LogP contribution in [-0.2, 0) is 0 Å². The molecule has 0 aliphatic carbocycles. The monoisotopic (exact) mass is 155 g/mol. The van der Waals surface area contributed by atoms with Gasteiger partial charge in [-0.3, -0.25) is 4.99 Å². The molecule has 0 saturated carbocycles. The predicted octanol–water partition coefficient (Wildman–Crippen LogP) is 3.29. The Bertz CT molecular complexity index is 130. The van der Waals surface area contributed by atoms with Crippen LogP contribution < -0.4 is 0 Å². The molecule has 0 radical (unpaired) electrons. The molecule has 0 spiro atoms. The van der Waals surface area contributed by atoms with Crippen LogP contribution in [0.15, 0.2) is 4.99 Å². The summed E-state index contributed by atoms with van der Waals surface area (Å²) in [7, 11) is 0. The summed E-state index contributed by atoms with van der Waals surface area (Å²) in [5.74, 6) is 0. The summed E-state index contributed by atoms with van der Waals surface area (Å²) >= 11 is 0. The molecular weight excluding hydrogens is 134 g/mol. The average molecular weight is 155 g/mol. The van der Waals surface area contributed by atoms with Crippen LogP contribution in [-0.4, -0.2) is 12.3 Å². The molecule has 0 aliphatic rings. The Balaban J connectivity index is 3.62. The van der Waals surface area contributed by atoms with E-state index in [4.69, 9.17) is 0 Å². The Morgan fingerprint density at radius 2 is 1.82 bits per heavy atom. The van der Waals surface area contributed by atoms with Gasteiger partial charge in [0.1, 0.15) is 0 Å². The summed E-state index contributed by atoms with van der Waals surface area (Å²) in [6.45, 7) is 11.9. The fraction of sp³-hybridized carbons (Fsp3) is 0.900. The first-order valence-electron chi connectivity index (χ1n) is 4.45. The Morgan fingerprint density at radius 3 is 2.18 bits per heavy atom. The molecule has 0 rings (SSSR count). The van der Waals surface area contributed by atoms with Crippen LogP contribution in [0.5, 0.6) is 0 Å². The highest BCUT2D eigenvalue weighted by atomic mass is 14.7. The number of nitrogens with zero attached hydrogens (tertiary/aromatic N) is 1. The normalized spacial score (nSPS) is 11.4. The van der Waals surface area contributed by atoms with Gasteiger partial charge in [-0.05, 0) is 25.7 Å². The minimum atomic E-state index is 0.471. The Labute approximate surface area is 70.9 Å². The molecule has 0 aliphatic heterocycles. The van der Waals surface area contributed by atoms with Crippen LogP contribution in [0.4, 0.5) is 0 Å². The first-order valence-corrected chi connectivity index (χ1v) is 4.45. The van der Waals surface area contributed by atoms with Crippen molar-refractivity contribution in [1.82, 2.24) is 0 Å². The number of aliphatic imine (C=N–C) groups is 1. The van der Waals surface area contributed by atoms with Crippen molar-refractivity contribution in [2.24, 2.45) is 10.4 Å². The second kappa shape index (κ2) is 4.53. The van der Waals surface area contributed by atoms with Crippen LogP contribution in [0.2, 0.25) is 0 Å². The van der Waals surface area contributed by atoms with E-state index in [1.807, 2.05) is 0 Å². The van der Waals surface area contributed by atoms with Crippen molar-refractivity contribution in [3.05, 3.63) is 0 Å². The predicted molar refractivity (Wildman–Crippen MR) is 52.3 cm³/mol. The van der Waals surface area contributed by atoms with E-state index < -0.39 is 0 Å². The fourth-order valence-electron chi connectivity index (χ4n) is 0.759. The molecule has 1 heteroatoms. The van der Waals surface area contributed by atoms with Gasteiger partial charge >= 0.3 is 0 Å². The minimum absolute atomic E-state index is 0.471. The molecule has 0 fully saturated rings.